The van der Waals surface area contributed by atoms with Gasteiger partial charge in [0.1, 0.15) is 11.6 Å². The summed E-state index contributed by atoms with van der Waals surface area (Å²) in [6.07, 6.45) is 0. The number of amides is 1. The fourth-order valence-corrected chi connectivity index (χ4v) is 4.94. The van der Waals surface area contributed by atoms with Crippen LogP contribution in [0.3, 0.4) is 0 Å². The van der Waals surface area contributed by atoms with E-state index < -0.39 is 27.9 Å². The van der Waals surface area contributed by atoms with Gasteiger partial charge in [0.2, 0.25) is 15.9 Å². The number of para-hydroxylation sites is 2. The van der Waals surface area contributed by atoms with Crippen LogP contribution in [0.5, 0.6) is 0 Å². The molecule has 0 fully saturated rings. The number of nitrogens with zero attached hydrogens (tertiary/aromatic N) is 2. The normalized spacial score (nSPS) is 12.8. The summed E-state index contributed by atoms with van der Waals surface area (Å²) in [5, 5.41) is 2.66. The molecule has 2 aromatic carbocycles. The number of ether oxygens (including phenoxy) is 1. The molecule has 0 radical (unpaired) electrons. The number of carbonyl (C=O) groups is 2. The van der Waals surface area contributed by atoms with Crippen molar-refractivity contribution in [2.75, 3.05) is 13.1 Å². The third kappa shape index (κ3) is 5.63. The Kier molecular flexibility index (Phi) is 8.06. The summed E-state index contributed by atoms with van der Waals surface area (Å²) in [6.45, 7) is 7.49. The van der Waals surface area contributed by atoms with Crippen molar-refractivity contribution in [2.45, 2.75) is 45.2 Å². The van der Waals surface area contributed by atoms with Crippen molar-refractivity contribution in [1.82, 2.24) is 14.6 Å². The predicted molar refractivity (Wildman–Crippen MR) is 126 cm³/mol. The molecule has 0 aliphatic rings. The van der Waals surface area contributed by atoms with E-state index in [-0.39, 0.29) is 28.9 Å². The first kappa shape index (κ1) is 25.4. The monoisotopic (exact) mass is 487 g/mol. The van der Waals surface area contributed by atoms with Gasteiger partial charge in [-0.15, -0.1) is 0 Å². The molecule has 9 nitrogen and oxygen atoms in total. The van der Waals surface area contributed by atoms with Crippen LogP contribution in [0, 0.1) is 5.92 Å². The predicted octanol–water partition coefficient (Wildman–Crippen LogP) is 3.36. The highest BCUT2D eigenvalue weighted by molar-refractivity contribution is 7.89. The van der Waals surface area contributed by atoms with Gasteiger partial charge in [0.05, 0.1) is 4.90 Å². The maximum absolute atomic E-state index is 12.9. The Morgan fingerprint density at radius 1 is 1.09 bits per heavy atom. The van der Waals surface area contributed by atoms with Crippen LogP contribution in [-0.4, -0.2) is 48.7 Å². The zero-order valence-electron chi connectivity index (χ0n) is 19.6. The Balaban J connectivity index is 1.71. The zero-order valence-corrected chi connectivity index (χ0v) is 20.5. The quantitative estimate of drug-likeness (QED) is 0.436. The fraction of sp³-hybridized carbons (Fsp3) is 0.375. The van der Waals surface area contributed by atoms with Gasteiger partial charge in [-0.3, -0.25) is 4.79 Å². The van der Waals surface area contributed by atoms with Gasteiger partial charge >= 0.3 is 5.97 Å². The summed E-state index contributed by atoms with van der Waals surface area (Å²) in [4.78, 5) is 29.9. The smallest absolute Gasteiger partial charge is 0.329 e. The van der Waals surface area contributed by atoms with Crippen molar-refractivity contribution in [2.24, 2.45) is 5.92 Å². The lowest BCUT2D eigenvalue weighted by Crippen LogP contribution is -2.45. The molecular formula is C24H29N3O6S. The van der Waals surface area contributed by atoms with Crippen LogP contribution < -0.4 is 5.32 Å². The van der Waals surface area contributed by atoms with Crippen LogP contribution in [0.1, 0.15) is 43.9 Å². The number of fused-ring (bicyclic) bond motifs is 1. The Bertz CT molecular complexity index is 1230. The number of rotatable bonds is 10. The molecule has 34 heavy (non-hydrogen) atoms. The second-order valence-corrected chi connectivity index (χ2v) is 9.93. The minimum absolute atomic E-state index is 0.0171. The molecule has 3 rings (SSSR count). The number of esters is 1. The molecule has 0 bridgehead atoms. The molecule has 0 unspecified atom stereocenters. The molecule has 0 spiro atoms. The van der Waals surface area contributed by atoms with E-state index in [0.29, 0.717) is 24.2 Å². The first-order valence-electron chi connectivity index (χ1n) is 11.1. The summed E-state index contributed by atoms with van der Waals surface area (Å²) in [5.41, 5.74) is 1.37. The maximum atomic E-state index is 12.9. The van der Waals surface area contributed by atoms with Gasteiger partial charge in [-0.25, -0.2) is 18.2 Å². The molecule has 1 aromatic heterocycles. The third-order valence-corrected chi connectivity index (χ3v) is 7.37. The molecule has 10 heteroatoms. The minimum atomic E-state index is -3.72. The van der Waals surface area contributed by atoms with Crippen LogP contribution >= 0.6 is 0 Å². The first-order valence-corrected chi connectivity index (χ1v) is 12.5. The number of hydrogen-bond acceptors (Lipinski definition) is 7. The second-order valence-electron chi connectivity index (χ2n) is 8.00. The molecule has 0 saturated heterocycles. The molecule has 1 atom stereocenters. The maximum Gasteiger partial charge on any atom is 0.329 e. The lowest BCUT2D eigenvalue weighted by molar-refractivity contribution is -0.149. The van der Waals surface area contributed by atoms with Gasteiger partial charge in [-0.2, -0.15) is 4.31 Å². The number of aromatic nitrogens is 1. The van der Waals surface area contributed by atoms with Crippen molar-refractivity contribution >= 4 is 33.0 Å². The molecule has 1 amide bonds. The van der Waals surface area contributed by atoms with Crippen LogP contribution in [0.25, 0.3) is 11.1 Å². The molecule has 3 aromatic rings. The van der Waals surface area contributed by atoms with E-state index in [2.05, 4.69) is 10.3 Å². The van der Waals surface area contributed by atoms with Crippen molar-refractivity contribution < 1.29 is 27.2 Å². The van der Waals surface area contributed by atoms with Gasteiger partial charge in [0.15, 0.2) is 12.2 Å². The van der Waals surface area contributed by atoms with E-state index in [0.717, 1.165) is 0 Å². The zero-order chi connectivity index (χ0) is 24.9. The fourth-order valence-electron chi connectivity index (χ4n) is 3.44. The number of carbonyl (C=O) groups excluding carboxylic acids is 2. The van der Waals surface area contributed by atoms with Gasteiger partial charge in [-0.05, 0) is 36.2 Å². The van der Waals surface area contributed by atoms with Crippen LogP contribution in [-0.2, 0) is 26.2 Å². The van der Waals surface area contributed by atoms with Gasteiger partial charge in [0.25, 0.3) is 5.91 Å². The molecule has 0 aliphatic carbocycles. The molecular weight excluding hydrogens is 458 g/mol. The largest absolute Gasteiger partial charge is 0.454 e. The van der Waals surface area contributed by atoms with Crippen molar-refractivity contribution in [3.8, 4) is 0 Å². The SMILES string of the molecule is CCN(CC)S(=O)(=O)c1cccc(C(=O)N[C@H](C(=O)OCc2nc3ccccc3o2)C(C)C)c1. The number of nitrogens with one attached hydrogen (secondary N) is 1. The Morgan fingerprint density at radius 2 is 1.79 bits per heavy atom. The summed E-state index contributed by atoms with van der Waals surface area (Å²) in [7, 11) is -3.72. The average molecular weight is 488 g/mol. The number of benzene rings is 2. The highest BCUT2D eigenvalue weighted by Crippen LogP contribution is 2.18. The third-order valence-electron chi connectivity index (χ3n) is 5.32. The van der Waals surface area contributed by atoms with E-state index in [9.17, 15) is 18.0 Å². The highest BCUT2D eigenvalue weighted by atomic mass is 32.2. The van der Waals surface area contributed by atoms with E-state index in [1.54, 1.807) is 39.8 Å². The lowest BCUT2D eigenvalue weighted by atomic mass is 10.0. The van der Waals surface area contributed by atoms with E-state index in [1.165, 1.54) is 28.6 Å². The Labute approximate surface area is 199 Å². The summed E-state index contributed by atoms with van der Waals surface area (Å²) >= 11 is 0. The lowest BCUT2D eigenvalue weighted by Gasteiger charge is -2.21. The summed E-state index contributed by atoms with van der Waals surface area (Å²) in [6, 6.07) is 12.0. The van der Waals surface area contributed by atoms with Gasteiger partial charge in [-0.1, -0.05) is 45.9 Å². The Hall–Kier alpha value is -3.24. The summed E-state index contributed by atoms with van der Waals surface area (Å²) in [5.74, 6) is -1.24. The van der Waals surface area contributed by atoms with Crippen molar-refractivity contribution in [3.63, 3.8) is 0 Å². The molecule has 1 heterocycles. The minimum Gasteiger partial charge on any atom is -0.454 e. The van der Waals surface area contributed by atoms with Gasteiger partial charge < -0.3 is 14.5 Å². The topological polar surface area (TPSA) is 119 Å². The van der Waals surface area contributed by atoms with E-state index in [1.807, 2.05) is 12.1 Å². The van der Waals surface area contributed by atoms with Crippen LogP contribution in [0.4, 0.5) is 0 Å². The van der Waals surface area contributed by atoms with Crippen molar-refractivity contribution in [3.05, 3.63) is 60.0 Å². The molecule has 0 aliphatic heterocycles. The Morgan fingerprint density at radius 3 is 2.44 bits per heavy atom. The van der Waals surface area contributed by atoms with E-state index >= 15 is 0 Å². The second kappa shape index (κ2) is 10.8. The average Bonchev–Trinajstić information content (AvgIpc) is 3.24. The number of sulfonamides is 1. The standard InChI is InChI=1S/C24H29N3O6S/c1-5-27(6-2)34(30,31)18-11-9-10-17(14-18)23(28)26-22(16(3)4)24(29)32-15-21-25-19-12-7-8-13-20(19)33-21/h7-14,16,22H,5-6,15H2,1-4H3,(H,26,28)/t22-/m0/s1. The molecule has 0 saturated carbocycles. The number of hydrogen-bond donors (Lipinski definition) is 1. The van der Waals surface area contributed by atoms with Crippen molar-refractivity contribution in [1.29, 1.82) is 0 Å². The summed E-state index contributed by atoms with van der Waals surface area (Å²) < 4.78 is 37.8. The van der Waals surface area contributed by atoms with E-state index in [4.69, 9.17) is 9.15 Å². The number of oxazole rings is 1. The van der Waals surface area contributed by atoms with Crippen LogP contribution in [0.2, 0.25) is 0 Å². The first-order chi connectivity index (χ1) is 16.2. The van der Waals surface area contributed by atoms with Gasteiger partial charge in [0, 0.05) is 18.7 Å². The van der Waals surface area contributed by atoms with Crippen LogP contribution in [0.15, 0.2) is 57.8 Å². The highest BCUT2D eigenvalue weighted by Gasteiger charge is 2.28. The molecule has 1 N–H and O–H groups in total. The molecule has 182 valence electrons.